The van der Waals surface area contributed by atoms with Gasteiger partial charge in [-0.1, -0.05) is 64.1 Å². The van der Waals surface area contributed by atoms with E-state index in [2.05, 4.69) is 52.0 Å². The third kappa shape index (κ3) is 7.21. The van der Waals surface area contributed by atoms with Crippen LogP contribution in [0.25, 0.3) is 0 Å². The zero-order chi connectivity index (χ0) is 32.9. The molecule has 0 radical (unpaired) electrons. The Hall–Kier alpha value is -4.62. The van der Waals surface area contributed by atoms with Crippen molar-refractivity contribution < 1.29 is 33.3 Å². The second-order valence-corrected chi connectivity index (χ2v) is 12.0. The van der Waals surface area contributed by atoms with Crippen molar-refractivity contribution in [3.05, 3.63) is 118 Å². The second kappa shape index (κ2) is 13.6. The van der Waals surface area contributed by atoms with Gasteiger partial charge < -0.3 is 23.7 Å². The van der Waals surface area contributed by atoms with Gasteiger partial charge in [-0.3, -0.25) is 4.79 Å². The summed E-state index contributed by atoms with van der Waals surface area (Å²) in [6.45, 7) is 11.8. The Bertz CT molecular complexity index is 1650. The Balaban J connectivity index is 1.52. The Morgan fingerprint density at radius 2 is 1.11 bits per heavy atom. The van der Waals surface area contributed by atoms with E-state index in [1.165, 1.54) is 14.0 Å². The van der Waals surface area contributed by atoms with Crippen LogP contribution in [0.15, 0.2) is 84.9 Å². The lowest BCUT2D eigenvalue weighted by atomic mass is 9.77. The minimum Gasteiger partial charge on any atom is -0.496 e. The molecule has 0 bridgehead atoms. The van der Waals surface area contributed by atoms with Crippen LogP contribution in [0.5, 0.6) is 23.0 Å². The molecule has 7 nitrogen and oxygen atoms in total. The summed E-state index contributed by atoms with van der Waals surface area (Å²) in [5.74, 6) is 1.33. The number of carbonyl (C=O) groups is 2. The molecule has 0 fully saturated rings. The molecule has 0 saturated carbocycles. The lowest BCUT2D eigenvalue weighted by Gasteiger charge is -2.28. The van der Waals surface area contributed by atoms with Gasteiger partial charge in [-0.2, -0.15) is 0 Å². The molecule has 0 aliphatic carbocycles. The molecule has 0 saturated heterocycles. The molecular weight excluding hydrogens is 568 g/mol. The van der Waals surface area contributed by atoms with Crippen LogP contribution in [0.1, 0.15) is 85.8 Å². The smallest absolute Gasteiger partial charge is 0.341 e. The van der Waals surface area contributed by atoms with E-state index in [0.717, 1.165) is 39.3 Å². The lowest BCUT2D eigenvalue weighted by molar-refractivity contribution is -0.131. The maximum absolute atomic E-state index is 12.4. The average Bonchev–Trinajstić information content (AvgIpc) is 3.04. The van der Waals surface area contributed by atoms with Crippen molar-refractivity contribution in [2.45, 2.75) is 58.5 Å². The van der Waals surface area contributed by atoms with Crippen LogP contribution in [0.4, 0.5) is 0 Å². The molecule has 7 heteroatoms. The van der Waals surface area contributed by atoms with E-state index in [9.17, 15) is 9.59 Å². The first-order valence-electron chi connectivity index (χ1n) is 14.8. The fourth-order valence-corrected chi connectivity index (χ4v) is 5.35. The average molecular weight is 611 g/mol. The van der Waals surface area contributed by atoms with Gasteiger partial charge in [0.2, 0.25) is 0 Å². The molecule has 4 aromatic carbocycles. The van der Waals surface area contributed by atoms with Gasteiger partial charge in [0.05, 0.1) is 20.3 Å². The highest BCUT2D eigenvalue weighted by Gasteiger charge is 2.27. The number of esters is 2. The summed E-state index contributed by atoms with van der Waals surface area (Å²) < 4.78 is 27.5. The normalized spacial score (nSPS) is 12.3. The van der Waals surface area contributed by atoms with Crippen LogP contribution in [0, 0.1) is 0 Å². The molecule has 4 rings (SSSR count). The molecule has 236 valence electrons. The monoisotopic (exact) mass is 610 g/mol. The molecule has 0 aliphatic rings. The first-order valence-corrected chi connectivity index (χ1v) is 14.8. The van der Waals surface area contributed by atoms with Crippen molar-refractivity contribution in [3.8, 4) is 23.0 Å². The molecule has 0 heterocycles. The summed E-state index contributed by atoms with van der Waals surface area (Å²) in [7, 11) is 4.67. The number of rotatable bonds is 11. The quantitative estimate of drug-likeness (QED) is 0.124. The number of carbonyl (C=O) groups excluding carboxylic acids is 2. The van der Waals surface area contributed by atoms with Crippen molar-refractivity contribution in [3.63, 3.8) is 0 Å². The third-order valence-corrected chi connectivity index (χ3v) is 8.49. The predicted octanol–water partition coefficient (Wildman–Crippen LogP) is 8.56. The van der Waals surface area contributed by atoms with E-state index in [-0.39, 0.29) is 22.8 Å². The topological polar surface area (TPSA) is 80.3 Å². The van der Waals surface area contributed by atoms with Crippen molar-refractivity contribution in [1.29, 1.82) is 0 Å². The summed E-state index contributed by atoms with van der Waals surface area (Å²) in [6, 6.07) is 27.5. The van der Waals surface area contributed by atoms with Gasteiger partial charge in [0.1, 0.15) is 28.6 Å². The van der Waals surface area contributed by atoms with Crippen LogP contribution in [0.3, 0.4) is 0 Å². The first-order chi connectivity index (χ1) is 21.3. The highest BCUT2D eigenvalue weighted by atomic mass is 16.5. The lowest BCUT2D eigenvalue weighted by Crippen LogP contribution is -2.20. The van der Waals surface area contributed by atoms with Gasteiger partial charge >= 0.3 is 11.9 Å². The third-order valence-electron chi connectivity index (χ3n) is 8.49. The SMILES string of the molecule is COC(=O)c1cc(C(C)(C)c2ccc(Oc3ccc(C(C)(C)c4ccc(OC)c(C(C)OC)c4)cc3)cc2)ccc1OC(C)=O. The van der Waals surface area contributed by atoms with Gasteiger partial charge in [0.15, 0.2) is 0 Å². The highest BCUT2D eigenvalue weighted by molar-refractivity contribution is 5.93. The standard InChI is InChI=1S/C38H42O7/c1-24(41-7)32-22-28(14-20-34(32)42-8)37(3,4)26-10-16-30(17-11-26)45-31-18-12-27(13-19-31)38(5,6)29-15-21-35(44-25(2)39)33(23-29)36(40)43-9/h10-24H,1-9H3. The zero-order valence-corrected chi connectivity index (χ0v) is 27.5. The summed E-state index contributed by atoms with van der Waals surface area (Å²) in [6.07, 6.45) is -0.0892. The van der Waals surface area contributed by atoms with E-state index in [0.29, 0.717) is 5.75 Å². The van der Waals surface area contributed by atoms with Crippen LogP contribution < -0.4 is 14.2 Å². The molecule has 0 spiro atoms. The van der Waals surface area contributed by atoms with E-state index in [4.69, 9.17) is 23.7 Å². The molecule has 1 unspecified atom stereocenters. The molecule has 0 aliphatic heterocycles. The number of hydrogen-bond acceptors (Lipinski definition) is 7. The minimum atomic E-state index is -0.573. The van der Waals surface area contributed by atoms with E-state index >= 15 is 0 Å². The zero-order valence-electron chi connectivity index (χ0n) is 27.5. The van der Waals surface area contributed by atoms with E-state index < -0.39 is 17.4 Å². The maximum Gasteiger partial charge on any atom is 0.341 e. The molecule has 4 aromatic rings. The molecule has 0 N–H and O–H groups in total. The number of benzene rings is 4. The molecular formula is C38H42O7. The second-order valence-electron chi connectivity index (χ2n) is 12.0. The van der Waals surface area contributed by atoms with Crippen molar-refractivity contribution >= 4 is 11.9 Å². The minimum absolute atomic E-state index is 0.0892. The summed E-state index contributed by atoms with van der Waals surface area (Å²) in [5.41, 5.74) is 4.68. The van der Waals surface area contributed by atoms with Gasteiger partial charge in [-0.25, -0.2) is 4.79 Å². The summed E-state index contributed by atoms with van der Waals surface area (Å²) in [5, 5.41) is 0. The predicted molar refractivity (Wildman–Crippen MR) is 175 cm³/mol. The van der Waals surface area contributed by atoms with E-state index in [1.807, 2.05) is 55.5 Å². The van der Waals surface area contributed by atoms with Crippen LogP contribution in [-0.4, -0.2) is 33.3 Å². The Labute approximate surface area is 266 Å². The van der Waals surface area contributed by atoms with Crippen LogP contribution >= 0.6 is 0 Å². The number of methoxy groups -OCH3 is 3. The number of hydrogen-bond donors (Lipinski definition) is 0. The summed E-state index contributed by atoms with van der Waals surface area (Å²) in [4.78, 5) is 24.0. The first kappa shape index (κ1) is 33.3. The maximum atomic E-state index is 12.4. The van der Waals surface area contributed by atoms with Gasteiger partial charge in [0, 0.05) is 30.4 Å². The number of ether oxygens (including phenoxy) is 5. The highest BCUT2D eigenvalue weighted by Crippen LogP contribution is 2.38. The fraction of sp³-hybridized carbons (Fsp3) is 0.316. The van der Waals surface area contributed by atoms with Crippen molar-refractivity contribution in [2.75, 3.05) is 21.3 Å². The fourth-order valence-electron chi connectivity index (χ4n) is 5.35. The van der Waals surface area contributed by atoms with E-state index in [1.54, 1.807) is 26.4 Å². The van der Waals surface area contributed by atoms with Gasteiger partial charge in [-0.05, 0) is 77.7 Å². The van der Waals surface area contributed by atoms with Gasteiger partial charge in [0.25, 0.3) is 0 Å². The Kier molecular flexibility index (Phi) is 10.0. The largest absolute Gasteiger partial charge is 0.496 e. The van der Waals surface area contributed by atoms with Crippen molar-refractivity contribution in [1.82, 2.24) is 0 Å². The molecule has 45 heavy (non-hydrogen) atoms. The molecule has 1 atom stereocenters. The van der Waals surface area contributed by atoms with Gasteiger partial charge in [-0.15, -0.1) is 0 Å². The van der Waals surface area contributed by atoms with Crippen LogP contribution in [0.2, 0.25) is 0 Å². The molecule has 0 amide bonds. The summed E-state index contributed by atoms with van der Waals surface area (Å²) >= 11 is 0. The Morgan fingerprint density at radius 1 is 0.644 bits per heavy atom. The van der Waals surface area contributed by atoms with Crippen LogP contribution in [-0.2, 0) is 25.1 Å². The van der Waals surface area contributed by atoms with Crippen molar-refractivity contribution in [2.24, 2.45) is 0 Å². The molecule has 0 aromatic heterocycles. The Morgan fingerprint density at radius 3 is 1.56 bits per heavy atom.